The fourth-order valence-electron chi connectivity index (χ4n) is 3.18. The molecular weight excluding hydrogens is 318 g/mol. The van der Waals surface area contributed by atoms with Gasteiger partial charge < -0.3 is 9.47 Å². The van der Waals surface area contributed by atoms with Crippen molar-refractivity contribution in [2.45, 2.75) is 32.8 Å². The molecule has 0 unspecified atom stereocenters. The van der Waals surface area contributed by atoms with Gasteiger partial charge in [0.25, 0.3) is 0 Å². The highest BCUT2D eigenvalue weighted by atomic mass is 16.5. The van der Waals surface area contributed by atoms with Crippen molar-refractivity contribution < 1.29 is 19.1 Å². The number of nitrogens with zero attached hydrogens (tertiary/aromatic N) is 1. The van der Waals surface area contributed by atoms with Crippen LogP contribution in [-0.2, 0) is 20.9 Å². The smallest absolute Gasteiger partial charge is 0.340 e. The molecule has 5 heteroatoms. The Kier molecular flexibility index (Phi) is 5.12. The lowest BCUT2D eigenvalue weighted by Gasteiger charge is -2.17. The van der Waals surface area contributed by atoms with E-state index in [9.17, 15) is 9.59 Å². The van der Waals surface area contributed by atoms with Gasteiger partial charge >= 0.3 is 11.9 Å². The summed E-state index contributed by atoms with van der Waals surface area (Å²) in [6.07, 6.45) is 6.47. The van der Waals surface area contributed by atoms with Crippen LogP contribution in [0.4, 0.5) is 0 Å². The van der Waals surface area contributed by atoms with Crippen molar-refractivity contribution in [3.8, 4) is 0 Å². The summed E-state index contributed by atoms with van der Waals surface area (Å²) in [5.41, 5.74) is 2.35. The van der Waals surface area contributed by atoms with Crippen LogP contribution in [0, 0.1) is 12.8 Å². The lowest BCUT2D eigenvalue weighted by molar-refractivity contribution is -0.150. The van der Waals surface area contributed by atoms with Crippen molar-refractivity contribution >= 4 is 22.8 Å². The number of pyridine rings is 1. The van der Waals surface area contributed by atoms with Crippen LogP contribution in [0.5, 0.6) is 0 Å². The zero-order valence-electron chi connectivity index (χ0n) is 14.5. The normalized spacial score (nSPS) is 16.6. The van der Waals surface area contributed by atoms with Gasteiger partial charge in [-0.2, -0.15) is 0 Å². The van der Waals surface area contributed by atoms with Gasteiger partial charge in [0.05, 0.1) is 29.8 Å². The lowest BCUT2D eigenvalue weighted by atomic mass is 9.95. The van der Waals surface area contributed by atoms with E-state index < -0.39 is 5.97 Å². The Labute approximate surface area is 146 Å². The van der Waals surface area contributed by atoms with Crippen LogP contribution in [0.25, 0.3) is 10.9 Å². The molecule has 2 aromatic rings. The molecule has 0 fully saturated rings. The summed E-state index contributed by atoms with van der Waals surface area (Å²) >= 11 is 0. The average Bonchev–Trinajstić information content (AvgIpc) is 2.66. The Morgan fingerprint density at radius 2 is 2.04 bits per heavy atom. The summed E-state index contributed by atoms with van der Waals surface area (Å²) in [5.74, 6) is -0.830. The molecule has 1 aliphatic carbocycles. The van der Waals surface area contributed by atoms with Gasteiger partial charge in [-0.05, 0) is 37.8 Å². The maximum Gasteiger partial charge on any atom is 0.340 e. The molecule has 3 rings (SSSR count). The van der Waals surface area contributed by atoms with Gasteiger partial charge in [-0.25, -0.2) is 9.78 Å². The van der Waals surface area contributed by atoms with Crippen LogP contribution in [0.15, 0.2) is 36.4 Å². The number of fused-ring (bicyclic) bond motifs is 1. The number of allylic oxidation sites excluding steroid dienone is 2. The van der Waals surface area contributed by atoms with Crippen LogP contribution >= 0.6 is 0 Å². The molecule has 0 bridgehead atoms. The number of methoxy groups -OCH3 is 1. The van der Waals surface area contributed by atoms with Crippen LogP contribution in [-0.4, -0.2) is 24.0 Å². The molecule has 0 N–H and O–H groups in total. The number of esters is 2. The maximum atomic E-state index is 12.3. The SMILES string of the molecule is COC(=O)c1c(COC(=O)[C@H]2CC=CCC2)nc2ccccc2c1C. The standard InChI is InChI=1S/C20H21NO4/c1-13-15-10-6-7-11-16(15)21-17(18(13)20(23)24-2)12-25-19(22)14-8-4-3-5-9-14/h3-4,6-7,10-11,14H,5,8-9,12H2,1-2H3/t14-/m0/s1. The third-order valence-electron chi connectivity index (χ3n) is 4.57. The number of hydrogen-bond donors (Lipinski definition) is 0. The first-order chi connectivity index (χ1) is 12.1. The third kappa shape index (κ3) is 3.55. The van der Waals surface area contributed by atoms with Crippen LogP contribution < -0.4 is 0 Å². The molecule has 1 heterocycles. The zero-order chi connectivity index (χ0) is 17.8. The number of benzene rings is 1. The number of carbonyl (C=O) groups excluding carboxylic acids is 2. The first kappa shape index (κ1) is 17.1. The summed E-state index contributed by atoms with van der Waals surface area (Å²) < 4.78 is 10.4. The van der Waals surface area contributed by atoms with E-state index >= 15 is 0 Å². The molecule has 25 heavy (non-hydrogen) atoms. The Balaban J connectivity index is 1.90. The summed E-state index contributed by atoms with van der Waals surface area (Å²) in [6, 6.07) is 7.57. The molecule has 1 atom stereocenters. The van der Waals surface area contributed by atoms with Crippen LogP contribution in [0.3, 0.4) is 0 Å². The summed E-state index contributed by atoms with van der Waals surface area (Å²) in [6.45, 7) is 1.82. The van der Waals surface area contributed by atoms with E-state index in [1.165, 1.54) is 7.11 Å². The molecule has 1 aromatic carbocycles. The van der Waals surface area contributed by atoms with E-state index in [-0.39, 0.29) is 18.5 Å². The Hall–Kier alpha value is -2.69. The molecule has 0 amide bonds. The van der Waals surface area contributed by atoms with E-state index in [4.69, 9.17) is 9.47 Å². The fraction of sp³-hybridized carbons (Fsp3) is 0.350. The predicted molar refractivity (Wildman–Crippen MR) is 94.1 cm³/mol. The number of carbonyl (C=O) groups is 2. The number of rotatable bonds is 4. The number of para-hydroxylation sites is 1. The summed E-state index contributed by atoms with van der Waals surface area (Å²) in [7, 11) is 1.33. The van der Waals surface area contributed by atoms with Crippen molar-refractivity contribution in [2.24, 2.45) is 5.92 Å². The van der Waals surface area contributed by atoms with Crippen molar-refractivity contribution in [1.29, 1.82) is 0 Å². The van der Waals surface area contributed by atoms with Crippen LogP contribution in [0.1, 0.15) is 40.9 Å². The first-order valence-corrected chi connectivity index (χ1v) is 8.40. The topological polar surface area (TPSA) is 65.5 Å². The summed E-state index contributed by atoms with van der Waals surface area (Å²) in [4.78, 5) is 29.0. The molecule has 1 aromatic heterocycles. The molecular formula is C20H21NO4. The highest BCUT2D eigenvalue weighted by Crippen LogP contribution is 2.25. The van der Waals surface area contributed by atoms with E-state index in [0.29, 0.717) is 17.7 Å². The maximum absolute atomic E-state index is 12.3. The zero-order valence-corrected chi connectivity index (χ0v) is 14.5. The second-order valence-corrected chi connectivity index (χ2v) is 6.16. The first-order valence-electron chi connectivity index (χ1n) is 8.40. The van der Waals surface area contributed by atoms with Gasteiger partial charge in [-0.15, -0.1) is 0 Å². The predicted octanol–water partition coefficient (Wildman–Crippen LogP) is 3.73. The van der Waals surface area contributed by atoms with E-state index in [1.807, 2.05) is 37.3 Å². The van der Waals surface area contributed by atoms with Crippen molar-refractivity contribution in [1.82, 2.24) is 4.98 Å². The van der Waals surface area contributed by atoms with E-state index in [2.05, 4.69) is 11.1 Å². The quantitative estimate of drug-likeness (QED) is 0.627. The average molecular weight is 339 g/mol. The van der Waals surface area contributed by atoms with E-state index in [1.54, 1.807) is 0 Å². The molecule has 0 radical (unpaired) electrons. The monoisotopic (exact) mass is 339 g/mol. The minimum Gasteiger partial charge on any atom is -0.465 e. The Morgan fingerprint density at radius 1 is 1.24 bits per heavy atom. The number of aryl methyl sites for hydroxylation is 1. The van der Waals surface area contributed by atoms with Crippen molar-refractivity contribution in [3.05, 3.63) is 53.2 Å². The van der Waals surface area contributed by atoms with Crippen LogP contribution in [0.2, 0.25) is 0 Å². The van der Waals surface area contributed by atoms with Gasteiger partial charge in [0, 0.05) is 5.39 Å². The molecule has 0 spiro atoms. The van der Waals surface area contributed by atoms with Crippen molar-refractivity contribution in [2.75, 3.05) is 7.11 Å². The van der Waals surface area contributed by atoms with Gasteiger partial charge in [-0.1, -0.05) is 30.4 Å². The number of ether oxygens (including phenoxy) is 2. The van der Waals surface area contributed by atoms with Gasteiger partial charge in [0.1, 0.15) is 6.61 Å². The van der Waals surface area contributed by atoms with E-state index in [0.717, 1.165) is 29.3 Å². The Morgan fingerprint density at radius 3 is 2.76 bits per heavy atom. The minimum atomic E-state index is -0.470. The van der Waals surface area contributed by atoms with Gasteiger partial charge in [0.2, 0.25) is 0 Å². The fourth-order valence-corrected chi connectivity index (χ4v) is 3.18. The molecule has 5 nitrogen and oxygen atoms in total. The Bertz CT molecular complexity index is 841. The number of aromatic nitrogens is 1. The molecule has 1 aliphatic rings. The summed E-state index contributed by atoms with van der Waals surface area (Å²) in [5, 5.41) is 0.885. The van der Waals surface area contributed by atoms with Crippen molar-refractivity contribution in [3.63, 3.8) is 0 Å². The minimum absolute atomic E-state index is 0.0326. The molecule has 130 valence electrons. The number of hydrogen-bond acceptors (Lipinski definition) is 5. The molecule has 0 saturated carbocycles. The second-order valence-electron chi connectivity index (χ2n) is 6.16. The molecule has 0 saturated heterocycles. The molecule has 0 aliphatic heterocycles. The van der Waals surface area contributed by atoms with Gasteiger partial charge in [-0.3, -0.25) is 4.79 Å². The lowest BCUT2D eigenvalue weighted by Crippen LogP contribution is -2.20. The van der Waals surface area contributed by atoms with Gasteiger partial charge in [0.15, 0.2) is 0 Å². The highest BCUT2D eigenvalue weighted by Gasteiger charge is 2.23. The second kappa shape index (κ2) is 7.47. The third-order valence-corrected chi connectivity index (χ3v) is 4.57. The largest absolute Gasteiger partial charge is 0.465 e. The highest BCUT2D eigenvalue weighted by molar-refractivity contribution is 5.98.